The fraction of sp³-hybridized carbons (Fsp3) is 0.667. The smallest absolute Gasteiger partial charge is 0.271 e. The van der Waals surface area contributed by atoms with Gasteiger partial charge in [0.15, 0.2) is 5.17 Å². The van der Waals surface area contributed by atoms with Crippen LogP contribution in [-0.4, -0.2) is 44.4 Å². The SMILES string of the molecule is CC(=O)N(c1cc([N+](=O)[O-])ccc1F)C1CSC(=NC23CC4CC(CC(C4)C2)C3)N1C(C)C. The van der Waals surface area contributed by atoms with Crippen molar-refractivity contribution >= 4 is 34.2 Å². The van der Waals surface area contributed by atoms with Crippen molar-refractivity contribution in [2.75, 3.05) is 10.7 Å². The Hall–Kier alpha value is -2.16. The summed E-state index contributed by atoms with van der Waals surface area (Å²) in [4.78, 5) is 32.4. The maximum absolute atomic E-state index is 14.8. The quantitative estimate of drug-likeness (QED) is 0.433. The van der Waals surface area contributed by atoms with Gasteiger partial charge in [0, 0.05) is 30.9 Å². The summed E-state index contributed by atoms with van der Waals surface area (Å²) in [6.07, 6.45) is 7.03. The first-order valence-electron chi connectivity index (χ1n) is 11.9. The zero-order chi connectivity index (χ0) is 23.5. The van der Waals surface area contributed by atoms with E-state index in [1.165, 1.54) is 31.1 Å². The summed E-state index contributed by atoms with van der Waals surface area (Å²) in [5.74, 6) is 1.90. The first-order chi connectivity index (χ1) is 15.7. The van der Waals surface area contributed by atoms with Crippen molar-refractivity contribution in [2.45, 2.75) is 77.0 Å². The van der Waals surface area contributed by atoms with E-state index in [4.69, 9.17) is 4.99 Å². The molecule has 1 atom stereocenters. The number of non-ortho nitro benzene ring substituents is 1. The number of thioether (sulfide) groups is 1. The molecule has 4 bridgehead atoms. The van der Waals surface area contributed by atoms with Crippen molar-refractivity contribution in [3.8, 4) is 0 Å². The van der Waals surface area contributed by atoms with Crippen LogP contribution in [0.4, 0.5) is 15.8 Å². The second-order valence-electron chi connectivity index (χ2n) is 10.6. The number of carbonyl (C=O) groups excluding carboxylic acids is 1. The fourth-order valence-corrected chi connectivity index (χ4v) is 8.38. The highest BCUT2D eigenvalue weighted by Gasteiger charge is 2.52. The number of hydrogen-bond acceptors (Lipinski definition) is 5. The molecule has 1 heterocycles. The molecule has 1 aromatic rings. The summed E-state index contributed by atoms with van der Waals surface area (Å²) in [5, 5.41) is 12.2. The lowest BCUT2D eigenvalue weighted by molar-refractivity contribution is -0.384. The number of anilines is 1. The largest absolute Gasteiger partial charge is 0.327 e. The molecule has 33 heavy (non-hydrogen) atoms. The van der Waals surface area contributed by atoms with E-state index in [9.17, 15) is 19.3 Å². The normalized spacial score (nSPS) is 33.8. The minimum atomic E-state index is -0.643. The number of hydrogen-bond donors (Lipinski definition) is 0. The number of nitrogens with zero attached hydrogens (tertiary/aromatic N) is 4. The minimum Gasteiger partial charge on any atom is -0.327 e. The van der Waals surface area contributed by atoms with Crippen LogP contribution in [0.3, 0.4) is 0 Å². The van der Waals surface area contributed by atoms with Crippen molar-refractivity contribution in [3.05, 3.63) is 34.1 Å². The zero-order valence-corrected chi connectivity index (χ0v) is 20.2. The Morgan fingerprint density at radius 3 is 2.36 bits per heavy atom. The van der Waals surface area contributed by atoms with Gasteiger partial charge in [0.2, 0.25) is 5.91 Å². The van der Waals surface area contributed by atoms with E-state index in [0.29, 0.717) is 5.75 Å². The van der Waals surface area contributed by atoms with Gasteiger partial charge in [0.1, 0.15) is 12.0 Å². The van der Waals surface area contributed by atoms with Gasteiger partial charge in [-0.1, -0.05) is 11.8 Å². The molecular formula is C24H31FN4O3S. The molecule has 1 amide bonds. The molecule has 0 aromatic heterocycles. The molecule has 0 radical (unpaired) electrons. The van der Waals surface area contributed by atoms with Crippen molar-refractivity contribution in [1.29, 1.82) is 0 Å². The Kier molecular flexibility index (Phi) is 5.66. The van der Waals surface area contributed by atoms with Crippen molar-refractivity contribution in [3.63, 3.8) is 0 Å². The molecular weight excluding hydrogens is 443 g/mol. The van der Waals surface area contributed by atoms with Gasteiger partial charge in [-0.3, -0.25) is 24.8 Å². The van der Waals surface area contributed by atoms with Gasteiger partial charge in [-0.25, -0.2) is 4.39 Å². The Bertz CT molecular complexity index is 978. The number of nitro groups is 1. The molecule has 9 heteroatoms. The molecule has 1 aromatic carbocycles. The molecule has 178 valence electrons. The Balaban J connectivity index is 1.50. The number of benzene rings is 1. The Labute approximate surface area is 197 Å². The van der Waals surface area contributed by atoms with Crippen LogP contribution in [0, 0.1) is 33.7 Å². The summed E-state index contributed by atoms with van der Waals surface area (Å²) in [6, 6.07) is 3.39. The van der Waals surface area contributed by atoms with Crippen molar-refractivity contribution < 1.29 is 14.1 Å². The van der Waals surface area contributed by atoms with Gasteiger partial charge in [-0.05, 0) is 76.2 Å². The average molecular weight is 475 g/mol. The summed E-state index contributed by atoms with van der Waals surface area (Å²) < 4.78 is 14.8. The predicted octanol–water partition coefficient (Wildman–Crippen LogP) is 5.19. The molecule has 6 rings (SSSR count). The number of aliphatic imine (C=N–C) groups is 1. The highest BCUT2D eigenvalue weighted by atomic mass is 32.2. The van der Waals surface area contributed by atoms with Crippen LogP contribution in [0.25, 0.3) is 0 Å². The maximum atomic E-state index is 14.8. The van der Waals surface area contributed by atoms with Gasteiger partial charge in [-0.2, -0.15) is 0 Å². The van der Waals surface area contributed by atoms with Gasteiger partial charge < -0.3 is 4.90 Å². The second kappa shape index (κ2) is 8.25. The number of amidine groups is 1. The number of amides is 1. The van der Waals surface area contributed by atoms with Crippen molar-refractivity contribution in [2.24, 2.45) is 22.7 Å². The fourth-order valence-electron chi connectivity index (χ4n) is 7.03. The van der Waals surface area contributed by atoms with Crippen LogP contribution < -0.4 is 4.90 Å². The van der Waals surface area contributed by atoms with Crippen LogP contribution in [0.15, 0.2) is 23.2 Å². The Morgan fingerprint density at radius 2 is 1.85 bits per heavy atom. The lowest BCUT2D eigenvalue weighted by atomic mass is 9.53. The predicted molar refractivity (Wildman–Crippen MR) is 128 cm³/mol. The molecule has 1 aliphatic heterocycles. The third-order valence-electron chi connectivity index (χ3n) is 7.84. The molecule has 4 aliphatic carbocycles. The van der Waals surface area contributed by atoms with E-state index in [-0.39, 0.29) is 28.9 Å². The average Bonchev–Trinajstić information content (AvgIpc) is 3.10. The number of rotatable bonds is 5. The van der Waals surface area contributed by atoms with E-state index in [0.717, 1.165) is 60.4 Å². The van der Waals surface area contributed by atoms with E-state index < -0.39 is 16.9 Å². The minimum absolute atomic E-state index is 0.00303. The summed E-state index contributed by atoms with van der Waals surface area (Å²) in [5.41, 5.74) is -0.289. The highest BCUT2D eigenvalue weighted by molar-refractivity contribution is 8.14. The molecule has 5 aliphatic rings. The standard InChI is InChI=1S/C24H31FN4O3S/c1-14(2)27-22(28(15(3)30)21-9-19(29(31)32)4-5-20(21)25)13-33-23(27)26-24-10-16-6-17(11-24)8-18(7-16)12-24/h4-5,9,14,16-18,22H,6-8,10-13H2,1-3H3. The van der Waals surface area contributed by atoms with Crippen LogP contribution >= 0.6 is 11.8 Å². The van der Waals surface area contributed by atoms with Gasteiger partial charge in [0.25, 0.3) is 5.69 Å². The molecule has 1 saturated heterocycles. The lowest BCUT2D eigenvalue weighted by Crippen LogP contribution is -2.54. The van der Waals surface area contributed by atoms with Crippen LogP contribution in [0.2, 0.25) is 0 Å². The highest BCUT2D eigenvalue weighted by Crippen LogP contribution is 2.57. The maximum Gasteiger partial charge on any atom is 0.271 e. The topological polar surface area (TPSA) is 79.0 Å². The van der Waals surface area contributed by atoms with Crippen LogP contribution in [-0.2, 0) is 4.79 Å². The van der Waals surface area contributed by atoms with E-state index >= 15 is 0 Å². The lowest BCUT2D eigenvalue weighted by Gasteiger charge is -2.55. The zero-order valence-electron chi connectivity index (χ0n) is 19.4. The van der Waals surface area contributed by atoms with Gasteiger partial charge in [0.05, 0.1) is 16.1 Å². The summed E-state index contributed by atoms with van der Waals surface area (Å²) in [6.45, 7) is 5.49. The Morgan fingerprint density at radius 1 is 1.24 bits per heavy atom. The summed E-state index contributed by atoms with van der Waals surface area (Å²) in [7, 11) is 0. The third kappa shape index (κ3) is 4.02. The van der Waals surface area contributed by atoms with E-state index in [2.05, 4.69) is 18.7 Å². The molecule has 5 fully saturated rings. The number of halogens is 1. The van der Waals surface area contributed by atoms with Crippen molar-refractivity contribution in [1.82, 2.24) is 4.90 Å². The third-order valence-corrected chi connectivity index (χ3v) is 8.86. The molecule has 0 spiro atoms. The second-order valence-corrected chi connectivity index (χ2v) is 11.6. The molecule has 0 N–H and O–H groups in total. The number of nitro benzene ring substituents is 1. The first-order valence-corrected chi connectivity index (χ1v) is 12.9. The monoisotopic (exact) mass is 474 g/mol. The van der Waals surface area contributed by atoms with E-state index in [1.54, 1.807) is 11.8 Å². The van der Waals surface area contributed by atoms with Crippen LogP contribution in [0.5, 0.6) is 0 Å². The number of carbonyl (C=O) groups is 1. The van der Waals surface area contributed by atoms with Gasteiger partial charge in [-0.15, -0.1) is 0 Å². The summed E-state index contributed by atoms with van der Waals surface area (Å²) >= 11 is 1.62. The van der Waals surface area contributed by atoms with E-state index in [1.807, 2.05) is 0 Å². The first kappa shape index (κ1) is 22.6. The van der Waals surface area contributed by atoms with Crippen LogP contribution in [0.1, 0.15) is 59.3 Å². The molecule has 7 nitrogen and oxygen atoms in total. The van der Waals surface area contributed by atoms with Gasteiger partial charge >= 0.3 is 0 Å². The molecule has 1 unspecified atom stereocenters. The molecule has 4 saturated carbocycles.